The maximum absolute atomic E-state index is 12.2. The summed E-state index contributed by atoms with van der Waals surface area (Å²) < 4.78 is 28.0. The summed E-state index contributed by atoms with van der Waals surface area (Å²) in [5.74, 6) is -0.0677. The van der Waals surface area contributed by atoms with Crippen molar-refractivity contribution < 1.29 is 22.7 Å². The quantitative estimate of drug-likeness (QED) is 0.708. The van der Waals surface area contributed by atoms with Gasteiger partial charge in [0.05, 0.1) is 30.5 Å². The van der Waals surface area contributed by atoms with Gasteiger partial charge in [-0.15, -0.1) is 0 Å². The molecule has 1 saturated heterocycles. The first-order valence-corrected chi connectivity index (χ1v) is 10.6. The molecular weight excluding hydrogens is 356 g/mol. The number of methoxy groups -OCH3 is 1. The Kier molecular flexibility index (Phi) is 5.50. The van der Waals surface area contributed by atoms with Gasteiger partial charge in [-0.1, -0.05) is 12.1 Å². The largest absolute Gasteiger partial charge is 0.497 e. The number of hydrogen-bond donors (Lipinski definition) is 2. The smallest absolute Gasteiger partial charge is 0.224 e. The highest BCUT2D eigenvalue weighted by atomic mass is 32.2. The van der Waals surface area contributed by atoms with Crippen molar-refractivity contribution >= 4 is 21.7 Å². The van der Waals surface area contributed by atoms with Gasteiger partial charge in [0.2, 0.25) is 11.8 Å². The summed E-state index contributed by atoms with van der Waals surface area (Å²) in [5, 5.41) is 5.63. The summed E-state index contributed by atoms with van der Waals surface area (Å²) in [5.41, 5.74) is 1.07. The molecule has 1 aromatic carbocycles. The van der Waals surface area contributed by atoms with Crippen molar-refractivity contribution in [3.8, 4) is 5.75 Å². The molecule has 1 saturated carbocycles. The van der Waals surface area contributed by atoms with Gasteiger partial charge in [-0.25, -0.2) is 8.42 Å². The highest BCUT2D eigenvalue weighted by Gasteiger charge is 2.48. The van der Waals surface area contributed by atoms with Crippen LogP contribution in [0.3, 0.4) is 0 Å². The number of ether oxygens (including phenoxy) is 1. The molecule has 2 fully saturated rings. The monoisotopic (exact) mass is 380 g/mol. The van der Waals surface area contributed by atoms with E-state index in [4.69, 9.17) is 4.74 Å². The van der Waals surface area contributed by atoms with Crippen molar-refractivity contribution in [3.05, 3.63) is 29.8 Å². The molecule has 0 spiro atoms. The minimum absolute atomic E-state index is 0.00284. The second kappa shape index (κ2) is 7.65. The van der Waals surface area contributed by atoms with E-state index in [0.717, 1.165) is 11.3 Å². The molecular formula is C18H24N2O5S. The van der Waals surface area contributed by atoms with E-state index in [2.05, 4.69) is 10.6 Å². The molecule has 1 aliphatic carbocycles. The summed E-state index contributed by atoms with van der Waals surface area (Å²) in [7, 11) is -1.41. The molecule has 26 heavy (non-hydrogen) atoms. The van der Waals surface area contributed by atoms with Crippen LogP contribution in [-0.2, 0) is 25.8 Å². The summed E-state index contributed by atoms with van der Waals surface area (Å²) >= 11 is 0. The summed E-state index contributed by atoms with van der Waals surface area (Å²) in [6.07, 6.45) is 1.67. The van der Waals surface area contributed by atoms with Crippen molar-refractivity contribution in [1.29, 1.82) is 0 Å². The Hall–Kier alpha value is -2.09. The van der Waals surface area contributed by atoms with Gasteiger partial charge in [-0.05, 0) is 37.0 Å². The van der Waals surface area contributed by atoms with E-state index in [1.807, 2.05) is 24.3 Å². The summed E-state index contributed by atoms with van der Waals surface area (Å²) in [6, 6.07) is 7.35. The lowest BCUT2D eigenvalue weighted by Gasteiger charge is -2.10. The highest BCUT2D eigenvalue weighted by Crippen LogP contribution is 2.39. The van der Waals surface area contributed by atoms with Gasteiger partial charge in [0, 0.05) is 12.6 Å². The third-order valence-electron chi connectivity index (χ3n) is 4.89. The molecule has 2 N–H and O–H groups in total. The van der Waals surface area contributed by atoms with E-state index in [9.17, 15) is 18.0 Å². The molecule has 0 bridgehead atoms. The number of carbonyl (C=O) groups excluding carboxylic acids is 2. The van der Waals surface area contributed by atoms with Crippen LogP contribution in [0.2, 0.25) is 0 Å². The van der Waals surface area contributed by atoms with Gasteiger partial charge in [0.1, 0.15) is 5.75 Å². The van der Waals surface area contributed by atoms with Gasteiger partial charge in [-0.2, -0.15) is 0 Å². The minimum Gasteiger partial charge on any atom is -0.497 e. The SMILES string of the molecule is COc1cccc(CCNC(=O)C2CC2C(=O)NC2CCS(=O)(=O)C2)c1. The standard InChI is InChI=1S/C18H24N2O5S/c1-25-14-4-2-3-12(9-14)5-7-19-17(21)15-10-16(15)18(22)20-13-6-8-26(23,24)11-13/h2-4,9,13,15-16H,5-8,10-11H2,1H3,(H,19,21)(H,20,22). The summed E-state index contributed by atoms with van der Waals surface area (Å²) in [6.45, 7) is 0.498. The van der Waals surface area contributed by atoms with Crippen molar-refractivity contribution in [1.82, 2.24) is 10.6 Å². The van der Waals surface area contributed by atoms with E-state index in [-0.39, 0.29) is 41.2 Å². The molecule has 1 heterocycles. The first kappa shape index (κ1) is 18.7. The fourth-order valence-corrected chi connectivity index (χ4v) is 4.95. The molecule has 0 radical (unpaired) electrons. The molecule has 1 aromatic rings. The van der Waals surface area contributed by atoms with Crippen LogP contribution in [0, 0.1) is 11.8 Å². The number of rotatable bonds is 7. The fourth-order valence-electron chi connectivity index (χ4n) is 3.28. The number of hydrogen-bond acceptors (Lipinski definition) is 5. The zero-order valence-corrected chi connectivity index (χ0v) is 15.6. The molecule has 3 unspecified atom stereocenters. The Morgan fingerprint density at radius 3 is 2.69 bits per heavy atom. The van der Waals surface area contributed by atoms with Gasteiger partial charge in [-0.3, -0.25) is 9.59 Å². The van der Waals surface area contributed by atoms with Gasteiger partial charge in [0.15, 0.2) is 9.84 Å². The van der Waals surface area contributed by atoms with Crippen LogP contribution in [0.5, 0.6) is 5.75 Å². The molecule has 3 atom stereocenters. The summed E-state index contributed by atoms with van der Waals surface area (Å²) in [4.78, 5) is 24.3. The molecule has 8 heteroatoms. The predicted molar refractivity (Wildman–Crippen MR) is 96.5 cm³/mol. The van der Waals surface area contributed by atoms with Crippen LogP contribution in [0.1, 0.15) is 18.4 Å². The fraction of sp³-hybridized carbons (Fsp3) is 0.556. The lowest BCUT2D eigenvalue weighted by atomic mass is 10.1. The predicted octanol–water partition coefficient (Wildman–Crippen LogP) is 0.293. The molecule has 2 amide bonds. The van der Waals surface area contributed by atoms with E-state index < -0.39 is 9.84 Å². The van der Waals surface area contributed by atoms with Crippen LogP contribution in [0.25, 0.3) is 0 Å². The van der Waals surface area contributed by atoms with Crippen LogP contribution in [0.15, 0.2) is 24.3 Å². The minimum atomic E-state index is -3.02. The lowest BCUT2D eigenvalue weighted by molar-refractivity contribution is -0.127. The Morgan fingerprint density at radius 1 is 1.23 bits per heavy atom. The van der Waals surface area contributed by atoms with Crippen molar-refractivity contribution in [2.45, 2.75) is 25.3 Å². The molecule has 142 valence electrons. The molecule has 3 rings (SSSR count). The van der Waals surface area contributed by atoms with E-state index in [0.29, 0.717) is 25.8 Å². The van der Waals surface area contributed by atoms with Crippen LogP contribution in [0.4, 0.5) is 0 Å². The van der Waals surface area contributed by atoms with E-state index in [1.165, 1.54) is 0 Å². The van der Waals surface area contributed by atoms with Crippen LogP contribution >= 0.6 is 0 Å². The third-order valence-corrected chi connectivity index (χ3v) is 6.66. The van der Waals surface area contributed by atoms with Crippen molar-refractivity contribution in [2.24, 2.45) is 11.8 Å². The molecule has 1 aliphatic heterocycles. The van der Waals surface area contributed by atoms with Gasteiger partial charge >= 0.3 is 0 Å². The van der Waals surface area contributed by atoms with Crippen LogP contribution in [-0.4, -0.2) is 51.4 Å². The second-order valence-electron chi connectivity index (χ2n) is 6.95. The topological polar surface area (TPSA) is 102 Å². The Morgan fingerprint density at radius 2 is 2.00 bits per heavy atom. The number of nitrogens with one attached hydrogen (secondary N) is 2. The van der Waals surface area contributed by atoms with Gasteiger partial charge < -0.3 is 15.4 Å². The van der Waals surface area contributed by atoms with E-state index >= 15 is 0 Å². The average molecular weight is 380 g/mol. The second-order valence-corrected chi connectivity index (χ2v) is 9.18. The molecule has 7 nitrogen and oxygen atoms in total. The Balaban J connectivity index is 1.39. The van der Waals surface area contributed by atoms with Crippen molar-refractivity contribution in [2.75, 3.05) is 25.2 Å². The van der Waals surface area contributed by atoms with Crippen LogP contribution < -0.4 is 15.4 Å². The van der Waals surface area contributed by atoms with Gasteiger partial charge in [0.25, 0.3) is 0 Å². The molecule has 0 aromatic heterocycles. The number of carbonyl (C=O) groups is 2. The highest BCUT2D eigenvalue weighted by molar-refractivity contribution is 7.91. The zero-order valence-electron chi connectivity index (χ0n) is 14.7. The number of amides is 2. The average Bonchev–Trinajstić information content (AvgIpc) is 3.34. The first-order chi connectivity index (χ1) is 12.4. The Bertz CT molecular complexity index is 793. The number of sulfone groups is 1. The van der Waals surface area contributed by atoms with Crippen molar-refractivity contribution in [3.63, 3.8) is 0 Å². The lowest BCUT2D eigenvalue weighted by Crippen LogP contribution is -2.38. The normalized spacial score (nSPS) is 26.1. The maximum Gasteiger partial charge on any atom is 0.224 e. The van der Waals surface area contributed by atoms with E-state index in [1.54, 1.807) is 7.11 Å². The third kappa shape index (κ3) is 4.75. The first-order valence-electron chi connectivity index (χ1n) is 8.79. The molecule has 2 aliphatic rings. The zero-order chi connectivity index (χ0) is 18.7. The Labute approximate surface area is 153 Å². The maximum atomic E-state index is 12.2. The number of benzene rings is 1.